The highest BCUT2D eigenvalue weighted by molar-refractivity contribution is 5.90. The number of nitrogens with zero attached hydrogens (tertiary/aromatic N) is 3. The summed E-state index contributed by atoms with van der Waals surface area (Å²) in [7, 11) is 2.04. The highest BCUT2D eigenvalue weighted by atomic mass is 16.5. The van der Waals surface area contributed by atoms with Crippen LogP contribution in [-0.4, -0.2) is 54.2 Å². The smallest absolute Gasteiger partial charge is 0.341 e. The van der Waals surface area contributed by atoms with Gasteiger partial charge in [0.25, 0.3) is 0 Å². The molecular weight excluding hydrogens is 246 g/mol. The van der Waals surface area contributed by atoms with Gasteiger partial charge in [0, 0.05) is 19.3 Å². The van der Waals surface area contributed by atoms with Crippen LogP contribution in [0, 0.1) is 6.92 Å². The van der Waals surface area contributed by atoms with Crippen LogP contribution in [0.4, 0.5) is 0 Å². The second-order valence-electron chi connectivity index (χ2n) is 4.57. The summed E-state index contributed by atoms with van der Waals surface area (Å²) in [5, 5.41) is 0. The second-order valence-corrected chi connectivity index (χ2v) is 4.57. The third kappa shape index (κ3) is 3.27. The molecular formula is C13H19N3O3. The minimum Gasteiger partial charge on any atom is -0.462 e. The lowest BCUT2D eigenvalue weighted by atomic mass is 10.2. The lowest BCUT2D eigenvalue weighted by Crippen LogP contribution is -2.36. The zero-order valence-electron chi connectivity index (χ0n) is 11.5. The van der Waals surface area contributed by atoms with E-state index in [0.29, 0.717) is 30.3 Å². The van der Waals surface area contributed by atoms with Crippen molar-refractivity contribution in [2.75, 3.05) is 33.4 Å². The minimum absolute atomic E-state index is 0.131. The van der Waals surface area contributed by atoms with Crippen molar-refractivity contribution in [2.24, 2.45) is 0 Å². The number of ether oxygens (including phenoxy) is 2. The summed E-state index contributed by atoms with van der Waals surface area (Å²) in [5.41, 5.74) is 1.04. The number of rotatable bonds is 3. The molecule has 6 heteroatoms. The molecule has 0 spiro atoms. The average Bonchev–Trinajstić information content (AvgIpc) is 2.38. The molecule has 0 saturated carbocycles. The Morgan fingerprint density at radius 3 is 3.05 bits per heavy atom. The standard InChI is InChI=1S/C13H19N3O3/c1-4-18-13(17)10-7-14-12(15-9(10)2)11-8-16(3)5-6-19-11/h7,11H,4-6,8H2,1-3H3. The SMILES string of the molecule is CCOC(=O)c1cnc(C2CN(C)CCO2)nc1C. The normalized spacial score (nSPS) is 20.3. The first-order valence-corrected chi connectivity index (χ1v) is 6.42. The van der Waals surface area contributed by atoms with Gasteiger partial charge in [0.05, 0.1) is 24.5 Å². The van der Waals surface area contributed by atoms with Crippen molar-refractivity contribution in [3.8, 4) is 0 Å². The van der Waals surface area contributed by atoms with E-state index in [1.165, 1.54) is 6.20 Å². The molecule has 0 aliphatic carbocycles. The van der Waals surface area contributed by atoms with Gasteiger partial charge in [0.1, 0.15) is 6.10 Å². The van der Waals surface area contributed by atoms with Crippen LogP contribution >= 0.6 is 0 Å². The van der Waals surface area contributed by atoms with Crippen LogP contribution in [0.5, 0.6) is 0 Å². The van der Waals surface area contributed by atoms with E-state index < -0.39 is 0 Å². The van der Waals surface area contributed by atoms with Crippen molar-refractivity contribution in [3.63, 3.8) is 0 Å². The number of carbonyl (C=O) groups excluding carboxylic acids is 1. The summed E-state index contributed by atoms with van der Waals surface area (Å²) in [6.45, 7) is 6.24. The highest BCUT2D eigenvalue weighted by Gasteiger charge is 2.23. The summed E-state index contributed by atoms with van der Waals surface area (Å²) in [5.74, 6) is 0.241. The fraction of sp³-hybridized carbons (Fsp3) is 0.615. The molecule has 0 radical (unpaired) electrons. The fourth-order valence-electron chi connectivity index (χ4n) is 1.98. The molecule has 1 fully saturated rings. The summed E-state index contributed by atoms with van der Waals surface area (Å²) in [6.07, 6.45) is 1.39. The second kappa shape index (κ2) is 6.08. The Balaban J connectivity index is 2.16. The van der Waals surface area contributed by atoms with Crippen LogP contribution in [0.25, 0.3) is 0 Å². The van der Waals surface area contributed by atoms with Gasteiger partial charge < -0.3 is 14.4 Å². The van der Waals surface area contributed by atoms with E-state index in [1.807, 2.05) is 7.05 Å². The molecule has 1 unspecified atom stereocenters. The summed E-state index contributed by atoms with van der Waals surface area (Å²) in [6, 6.07) is 0. The minimum atomic E-state index is -0.381. The zero-order valence-corrected chi connectivity index (χ0v) is 11.5. The Hall–Kier alpha value is -1.53. The van der Waals surface area contributed by atoms with Gasteiger partial charge in [0.2, 0.25) is 0 Å². The molecule has 1 aromatic heterocycles. The van der Waals surface area contributed by atoms with Crippen molar-refractivity contribution in [1.29, 1.82) is 0 Å². The molecule has 1 aromatic rings. The molecule has 1 aliphatic rings. The third-order valence-electron chi connectivity index (χ3n) is 3.05. The number of hydrogen-bond acceptors (Lipinski definition) is 6. The van der Waals surface area contributed by atoms with E-state index in [1.54, 1.807) is 13.8 Å². The molecule has 0 N–H and O–H groups in total. The van der Waals surface area contributed by atoms with Crippen molar-refractivity contribution in [2.45, 2.75) is 20.0 Å². The molecule has 6 nitrogen and oxygen atoms in total. The number of likely N-dealkylation sites (N-methyl/N-ethyl adjacent to an activating group) is 1. The molecule has 1 atom stereocenters. The lowest BCUT2D eigenvalue weighted by Gasteiger charge is -2.29. The molecule has 0 bridgehead atoms. The number of aromatic nitrogens is 2. The van der Waals surface area contributed by atoms with Gasteiger partial charge in [-0.2, -0.15) is 0 Å². The van der Waals surface area contributed by atoms with Crippen molar-refractivity contribution < 1.29 is 14.3 Å². The zero-order chi connectivity index (χ0) is 13.8. The lowest BCUT2D eigenvalue weighted by molar-refractivity contribution is -0.0256. The number of morpholine rings is 1. The van der Waals surface area contributed by atoms with E-state index >= 15 is 0 Å². The first-order valence-electron chi connectivity index (χ1n) is 6.42. The number of hydrogen-bond donors (Lipinski definition) is 0. The topological polar surface area (TPSA) is 64.5 Å². The largest absolute Gasteiger partial charge is 0.462 e. The van der Waals surface area contributed by atoms with Crippen molar-refractivity contribution in [1.82, 2.24) is 14.9 Å². The maximum atomic E-state index is 11.7. The van der Waals surface area contributed by atoms with Gasteiger partial charge in [-0.25, -0.2) is 14.8 Å². The number of esters is 1. The molecule has 1 saturated heterocycles. The summed E-state index contributed by atoms with van der Waals surface area (Å²) < 4.78 is 10.6. The molecule has 0 amide bonds. The predicted octanol–water partition coefficient (Wildman–Crippen LogP) is 0.965. The van der Waals surface area contributed by atoms with Gasteiger partial charge in [-0.1, -0.05) is 0 Å². The molecule has 104 valence electrons. The van der Waals surface area contributed by atoms with Gasteiger partial charge in [-0.3, -0.25) is 0 Å². The van der Waals surface area contributed by atoms with Crippen LogP contribution in [0.1, 0.15) is 34.9 Å². The Bertz CT molecular complexity index is 464. The monoisotopic (exact) mass is 265 g/mol. The maximum absolute atomic E-state index is 11.7. The maximum Gasteiger partial charge on any atom is 0.341 e. The number of carbonyl (C=O) groups is 1. The van der Waals surface area contributed by atoms with Crippen LogP contribution in [0.3, 0.4) is 0 Å². The van der Waals surface area contributed by atoms with Gasteiger partial charge in [0.15, 0.2) is 5.82 Å². The molecule has 2 heterocycles. The van der Waals surface area contributed by atoms with Crippen LogP contribution in [0.2, 0.25) is 0 Å². The Morgan fingerprint density at radius 2 is 2.42 bits per heavy atom. The Labute approximate surface area is 112 Å². The van der Waals surface area contributed by atoms with Crippen LogP contribution < -0.4 is 0 Å². The summed E-state index contributed by atoms with van der Waals surface area (Å²) in [4.78, 5) is 22.4. The molecule has 19 heavy (non-hydrogen) atoms. The Kier molecular flexibility index (Phi) is 4.44. The van der Waals surface area contributed by atoms with Crippen LogP contribution in [0.15, 0.2) is 6.20 Å². The first kappa shape index (κ1) is 13.9. The summed E-state index contributed by atoms with van der Waals surface area (Å²) >= 11 is 0. The van der Waals surface area contributed by atoms with E-state index in [2.05, 4.69) is 14.9 Å². The molecule has 1 aliphatic heterocycles. The van der Waals surface area contributed by atoms with Gasteiger partial charge >= 0.3 is 5.97 Å². The van der Waals surface area contributed by atoms with Crippen LogP contribution in [-0.2, 0) is 9.47 Å². The quantitative estimate of drug-likeness (QED) is 0.759. The number of aryl methyl sites for hydroxylation is 1. The molecule has 0 aromatic carbocycles. The van der Waals surface area contributed by atoms with E-state index in [9.17, 15) is 4.79 Å². The highest BCUT2D eigenvalue weighted by Crippen LogP contribution is 2.19. The van der Waals surface area contributed by atoms with Gasteiger partial charge in [-0.05, 0) is 20.9 Å². The van der Waals surface area contributed by atoms with Crippen molar-refractivity contribution in [3.05, 3.63) is 23.3 Å². The van der Waals surface area contributed by atoms with E-state index in [0.717, 1.165) is 13.1 Å². The van der Waals surface area contributed by atoms with Gasteiger partial charge in [-0.15, -0.1) is 0 Å². The van der Waals surface area contributed by atoms with E-state index in [4.69, 9.17) is 9.47 Å². The van der Waals surface area contributed by atoms with E-state index in [-0.39, 0.29) is 12.1 Å². The average molecular weight is 265 g/mol. The van der Waals surface area contributed by atoms with Crippen molar-refractivity contribution >= 4 is 5.97 Å². The predicted molar refractivity (Wildman–Crippen MR) is 68.9 cm³/mol. The molecule has 2 rings (SSSR count). The first-order chi connectivity index (χ1) is 9.11. The fourth-order valence-corrected chi connectivity index (χ4v) is 1.98. The Morgan fingerprint density at radius 1 is 1.63 bits per heavy atom. The third-order valence-corrected chi connectivity index (χ3v) is 3.05.